The van der Waals surface area contributed by atoms with Crippen LogP contribution < -0.4 is 10.1 Å². The number of ether oxygens (including phenoxy) is 1. The predicted molar refractivity (Wildman–Crippen MR) is 67.8 cm³/mol. The maximum atomic E-state index is 12.0. The lowest BCUT2D eigenvalue weighted by molar-refractivity contribution is -0.274. The molecule has 0 radical (unpaired) electrons. The number of carbonyl (C=O) groups is 1. The Bertz CT molecular complexity index is 478. The van der Waals surface area contributed by atoms with Gasteiger partial charge in [0.15, 0.2) is 0 Å². The van der Waals surface area contributed by atoms with Crippen molar-refractivity contribution in [3.05, 3.63) is 29.8 Å². The number of alkyl halides is 3. The van der Waals surface area contributed by atoms with E-state index in [-0.39, 0.29) is 11.8 Å². The zero-order valence-corrected chi connectivity index (χ0v) is 11.0. The highest BCUT2D eigenvalue weighted by Crippen LogP contribution is 2.28. The van der Waals surface area contributed by atoms with E-state index in [9.17, 15) is 18.0 Å². The van der Waals surface area contributed by atoms with Crippen LogP contribution in [0.1, 0.15) is 11.6 Å². The van der Waals surface area contributed by atoms with E-state index >= 15 is 0 Å². The summed E-state index contributed by atoms with van der Waals surface area (Å²) < 4.78 is 39.9. The molecule has 2 N–H and O–H groups in total. The summed E-state index contributed by atoms with van der Waals surface area (Å²) in [6, 6.07) is 4.60. The summed E-state index contributed by atoms with van der Waals surface area (Å²) in [6.07, 6.45) is -4.71. The molecule has 1 aromatic carbocycles. The Labute approximate surface area is 117 Å². The fraction of sp³-hybridized carbons (Fsp3) is 0.417. The fourth-order valence-corrected chi connectivity index (χ4v) is 3.01. The second-order valence-electron chi connectivity index (χ2n) is 4.26. The Balaban J connectivity index is 2.04. The van der Waals surface area contributed by atoms with Crippen LogP contribution >= 0.6 is 11.8 Å². The molecular weight excluding hydrogens is 295 g/mol. The number of nitrogens with one attached hydrogen (secondary N) is 1. The Morgan fingerprint density at radius 2 is 1.95 bits per heavy atom. The number of benzene rings is 1. The van der Waals surface area contributed by atoms with Crippen molar-refractivity contribution >= 4 is 17.7 Å². The van der Waals surface area contributed by atoms with Crippen molar-refractivity contribution in [3.63, 3.8) is 0 Å². The number of carboxylic acids is 1. The van der Waals surface area contributed by atoms with Crippen LogP contribution in [-0.2, 0) is 4.79 Å². The van der Waals surface area contributed by atoms with Gasteiger partial charge in [-0.25, -0.2) is 0 Å². The van der Waals surface area contributed by atoms with E-state index in [0.29, 0.717) is 11.5 Å². The molecule has 1 aliphatic rings. The minimum Gasteiger partial charge on any atom is -0.480 e. The lowest BCUT2D eigenvalue weighted by Crippen LogP contribution is -2.45. The summed E-state index contributed by atoms with van der Waals surface area (Å²) >= 11 is 1.49. The van der Waals surface area contributed by atoms with E-state index in [1.165, 1.54) is 36.0 Å². The third kappa shape index (κ3) is 4.04. The van der Waals surface area contributed by atoms with Gasteiger partial charge < -0.3 is 9.84 Å². The quantitative estimate of drug-likeness (QED) is 0.898. The molecule has 0 aromatic heterocycles. The molecule has 1 aromatic rings. The van der Waals surface area contributed by atoms with Crippen LogP contribution in [0.25, 0.3) is 0 Å². The monoisotopic (exact) mass is 307 g/mol. The molecule has 0 bridgehead atoms. The van der Waals surface area contributed by atoms with E-state index < -0.39 is 18.4 Å². The first-order valence-electron chi connectivity index (χ1n) is 5.77. The predicted octanol–water partition coefficient (Wildman–Crippen LogP) is 2.42. The van der Waals surface area contributed by atoms with Crippen LogP contribution in [0.2, 0.25) is 0 Å². The van der Waals surface area contributed by atoms with Crippen LogP contribution in [-0.4, -0.2) is 35.0 Å². The molecule has 110 valence electrons. The number of rotatable bonds is 3. The number of hydrogen-bond acceptors (Lipinski definition) is 4. The minimum absolute atomic E-state index is 0.199. The van der Waals surface area contributed by atoms with Crippen LogP contribution in [0.4, 0.5) is 13.2 Å². The number of carboxylic acid groups (broad SMARTS) is 1. The molecule has 2 rings (SSSR count). The van der Waals surface area contributed by atoms with Gasteiger partial charge in [0.1, 0.15) is 11.8 Å². The van der Waals surface area contributed by atoms with E-state index in [0.717, 1.165) is 5.56 Å². The first-order chi connectivity index (χ1) is 9.35. The molecule has 2 unspecified atom stereocenters. The van der Waals surface area contributed by atoms with Gasteiger partial charge in [-0.05, 0) is 17.7 Å². The van der Waals surface area contributed by atoms with Crippen molar-refractivity contribution in [1.29, 1.82) is 0 Å². The molecular formula is C12H12F3NO3S. The number of aliphatic carboxylic acids is 1. The van der Waals surface area contributed by atoms with Gasteiger partial charge in [-0.2, -0.15) is 11.8 Å². The molecule has 1 saturated heterocycles. The van der Waals surface area contributed by atoms with Gasteiger partial charge in [0.2, 0.25) is 0 Å². The Morgan fingerprint density at radius 3 is 2.50 bits per heavy atom. The van der Waals surface area contributed by atoms with Crippen molar-refractivity contribution in [2.75, 3.05) is 11.5 Å². The van der Waals surface area contributed by atoms with Crippen molar-refractivity contribution in [2.24, 2.45) is 0 Å². The van der Waals surface area contributed by atoms with Crippen LogP contribution in [0, 0.1) is 0 Å². The number of thioether (sulfide) groups is 1. The topological polar surface area (TPSA) is 58.6 Å². The fourth-order valence-electron chi connectivity index (χ4n) is 1.88. The molecule has 20 heavy (non-hydrogen) atoms. The molecule has 0 aliphatic carbocycles. The highest BCUT2D eigenvalue weighted by Gasteiger charge is 2.31. The second kappa shape index (κ2) is 5.92. The average molecular weight is 307 g/mol. The summed E-state index contributed by atoms with van der Waals surface area (Å²) in [6.45, 7) is 0. The van der Waals surface area contributed by atoms with Gasteiger partial charge >= 0.3 is 12.3 Å². The van der Waals surface area contributed by atoms with Gasteiger partial charge in [-0.3, -0.25) is 10.1 Å². The van der Waals surface area contributed by atoms with Gasteiger partial charge in [0.05, 0.1) is 0 Å². The SMILES string of the molecule is O=C(O)C1CSCC(c2ccc(OC(F)(F)F)cc2)N1. The van der Waals surface area contributed by atoms with Gasteiger partial charge in [0, 0.05) is 17.5 Å². The smallest absolute Gasteiger partial charge is 0.480 e. The average Bonchev–Trinajstić information content (AvgIpc) is 2.38. The van der Waals surface area contributed by atoms with E-state index in [1.807, 2.05) is 0 Å². The normalized spacial score (nSPS) is 23.4. The van der Waals surface area contributed by atoms with Gasteiger partial charge in [-0.1, -0.05) is 12.1 Å². The van der Waals surface area contributed by atoms with Crippen LogP contribution in [0.3, 0.4) is 0 Å². The Hall–Kier alpha value is -1.41. The third-order valence-electron chi connectivity index (χ3n) is 2.79. The highest BCUT2D eigenvalue weighted by atomic mass is 32.2. The molecule has 0 saturated carbocycles. The zero-order chi connectivity index (χ0) is 14.8. The minimum atomic E-state index is -4.71. The Morgan fingerprint density at radius 1 is 1.30 bits per heavy atom. The summed E-state index contributed by atoms with van der Waals surface area (Å²) in [5.74, 6) is -0.0802. The van der Waals surface area contributed by atoms with Crippen molar-refractivity contribution in [2.45, 2.75) is 18.4 Å². The van der Waals surface area contributed by atoms with Crippen molar-refractivity contribution in [1.82, 2.24) is 5.32 Å². The molecule has 1 heterocycles. The van der Waals surface area contributed by atoms with Gasteiger partial charge in [-0.15, -0.1) is 13.2 Å². The molecule has 2 atom stereocenters. The standard InChI is InChI=1S/C12H12F3NO3S/c13-12(14,15)19-8-3-1-7(2-4-8)9-5-20-6-10(16-9)11(17)18/h1-4,9-10,16H,5-6H2,(H,17,18). The largest absolute Gasteiger partial charge is 0.573 e. The van der Waals surface area contributed by atoms with Crippen LogP contribution in [0.15, 0.2) is 24.3 Å². The third-order valence-corrected chi connectivity index (χ3v) is 3.92. The molecule has 0 spiro atoms. The number of halogens is 3. The first kappa shape index (κ1) is 15.0. The molecule has 8 heteroatoms. The molecule has 4 nitrogen and oxygen atoms in total. The van der Waals surface area contributed by atoms with E-state index in [1.54, 1.807) is 0 Å². The summed E-state index contributed by atoms with van der Waals surface area (Å²) in [4.78, 5) is 10.9. The number of hydrogen-bond donors (Lipinski definition) is 2. The lowest BCUT2D eigenvalue weighted by Gasteiger charge is -2.28. The van der Waals surface area contributed by atoms with E-state index in [4.69, 9.17) is 5.11 Å². The van der Waals surface area contributed by atoms with Crippen molar-refractivity contribution < 1.29 is 27.8 Å². The van der Waals surface area contributed by atoms with Crippen LogP contribution in [0.5, 0.6) is 5.75 Å². The molecule has 1 fully saturated rings. The summed E-state index contributed by atoms with van der Waals surface area (Å²) in [7, 11) is 0. The lowest BCUT2D eigenvalue weighted by atomic mass is 10.1. The second-order valence-corrected chi connectivity index (χ2v) is 5.34. The van der Waals surface area contributed by atoms with Crippen molar-refractivity contribution in [3.8, 4) is 5.75 Å². The zero-order valence-electron chi connectivity index (χ0n) is 10.2. The maximum Gasteiger partial charge on any atom is 0.573 e. The summed E-state index contributed by atoms with van der Waals surface area (Å²) in [5, 5.41) is 11.9. The maximum absolute atomic E-state index is 12.0. The molecule has 0 amide bonds. The first-order valence-corrected chi connectivity index (χ1v) is 6.93. The van der Waals surface area contributed by atoms with E-state index in [2.05, 4.69) is 10.1 Å². The highest BCUT2D eigenvalue weighted by molar-refractivity contribution is 7.99. The molecule has 1 aliphatic heterocycles. The van der Waals surface area contributed by atoms with Gasteiger partial charge in [0.25, 0.3) is 0 Å². The Kier molecular flexibility index (Phi) is 4.44. The summed E-state index contributed by atoms with van der Waals surface area (Å²) in [5.41, 5.74) is 0.734.